The van der Waals surface area contributed by atoms with Crippen molar-refractivity contribution in [1.29, 1.82) is 0 Å². The van der Waals surface area contributed by atoms with Gasteiger partial charge in [-0.3, -0.25) is 9.89 Å². The van der Waals surface area contributed by atoms with Gasteiger partial charge in [0.15, 0.2) is 5.96 Å². The van der Waals surface area contributed by atoms with Crippen LogP contribution < -0.4 is 15.4 Å². The summed E-state index contributed by atoms with van der Waals surface area (Å²) in [4.78, 5) is 6.64. The fourth-order valence-corrected chi connectivity index (χ4v) is 2.58. The maximum Gasteiger partial charge on any atom is 0.191 e. The summed E-state index contributed by atoms with van der Waals surface area (Å²) in [5.74, 6) is 1.67. The number of nitrogens with one attached hydrogen (secondary N) is 2. The minimum atomic E-state index is 0.384. The highest BCUT2D eigenvalue weighted by atomic mass is 16.5. The molecule has 26 heavy (non-hydrogen) atoms. The van der Waals surface area contributed by atoms with Crippen molar-refractivity contribution in [2.75, 3.05) is 27.7 Å². The molecule has 2 N–H and O–H groups in total. The monoisotopic (exact) mass is 354 g/mol. The van der Waals surface area contributed by atoms with Gasteiger partial charge in [0.2, 0.25) is 0 Å². The number of nitrogens with zero attached hydrogens (tertiary/aromatic N) is 2. The van der Waals surface area contributed by atoms with Crippen LogP contribution in [0.4, 0.5) is 0 Å². The van der Waals surface area contributed by atoms with Gasteiger partial charge < -0.3 is 15.4 Å². The van der Waals surface area contributed by atoms with Gasteiger partial charge in [-0.05, 0) is 37.2 Å². The lowest BCUT2D eigenvalue weighted by molar-refractivity contribution is 0.249. The van der Waals surface area contributed by atoms with E-state index in [1.165, 1.54) is 11.1 Å². The Bertz CT molecular complexity index is 670. The summed E-state index contributed by atoms with van der Waals surface area (Å²) < 4.78 is 5.18. The summed E-state index contributed by atoms with van der Waals surface area (Å²) in [6.45, 7) is 4.69. The number of hydrogen-bond acceptors (Lipinski definition) is 3. The third-order valence-corrected chi connectivity index (χ3v) is 4.43. The topological polar surface area (TPSA) is 48.9 Å². The van der Waals surface area contributed by atoms with E-state index >= 15 is 0 Å². The van der Waals surface area contributed by atoms with E-state index < -0.39 is 0 Å². The number of methoxy groups -OCH3 is 1. The maximum atomic E-state index is 5.18. The van der Waals surface area contributed by atoms with E-state index in [9.17, 15) is 0 Å². The number of benzene rings is 2. The predicted octanol–water partition coefficient (Wildman–Crippen LogP) is 2.88. The van der Waals surface area contributed by atoms with Crippen molar-refractivity contribution in [3.05, 3.63) is 65.7 Å². The third kappa shape index (κ3) is 6.41. The number of rotatable bonds is 8. The third-order valence-electron chi connectivity index (χ3n) is 4.43. The van der Waals surface area contributed by atoms with Crippen molar-refractivity contribution in [3.8, 4) is 5.75 Å². The lowest BCUT2D eigenvalue weighted by Crippen LogP contribution is -2.44. The normalized spacial score (nSPS) is 12.7. The zero-order valence-corrected chi connectivity index (χ0v) is 16.2. The molecule has 0 aromatic heterocycles. The molecule has 2 aromatic rings. The highest BCUT2D eigenvalue weighted by Gasteiger charge is 2.10. The average Bonchev–Trinajstić information content (AvgIpc) is 2.69. The maximum absolute atomic E-state index is 5.18. The number of ether oxygens (including phenoxy) is 1. The first-order chi connectivity index (χ1) is 12.6. The van der Waals surface area contributed by atoms with E-state index in [-0.39, 0.29) is 0 Å². The first kappa shape index (κ1) is 19.8. The lowest BCUT2D eigenvalue weighted by Gasteiger charge is -2.25. The minimum Gasteiger partial charge on any atom is -0.497 e. The minimum absolute atomic E-state index is 0.384. The zero-order valence-electron chi connectivity index (χ0n) is 16.2. The summed E-state index contributed by atoms with van der Waals surface area (Å²) in [5, 5.41) is 6.75. The van der Waals surface area contributed by atoms with Crippen molar-refractivity contribution < 1.29 is 4.74 Å². The molecule has 1 atom stereocenters. The van der Waals surface area contributed by atoms with Crippen LogP contribution in [0.15, 0.2) is 59.6 Å². The Morgan fingerprint density at radius 2 is 1.73 bits per heavy atom. The van der Waals surface area contributed by atoms with Crippen LogP contribution in [0.5, 0.6) is 5.75 Å². The van der Waals surface area contributed by atoms with Crippen molar-refractivity contribution in [3.63, 3.8) is 0 Å². The molecule has 0 heterocycles. The molecular weight excluding hydrogens is 324 g/mol. The average molecular weight is 354 g/mol. The number of guanidine groups is 1. The SMILES string of the molecule is CN=C(NCc1ccc(OC)cc1)NCC(C)N(C)Cc1ccccc1. The highest BCUT2D eigenvalue weighted by Crippen LogP contribution is 2.11. The van der Waals surface area contributed by atoms with Crippen LogP contribution >= 0.6 is 0 Å². The fraction of sp³-hybridized carbons (Fsp3) is 0.381. The molecule has 2 rings (SSSR count). The molecule has 0 fully saturated rings. The Balaban J connectivity index is 1.76. The van der Waals surface area contributed by atoms with Crippen molar-refractivity contribution in [2.24, 2.45) is 4.99 Å². The molecule has 0 saturated heterocycles. The Kier molecular flexibility index (Phi) is 7.96. The quantitative estimate of drug-likeness (QED) is 0.565. The van der Waals surface area contributed by atoms with Gasteiger partial charge in [0, 0.05) is 32.7 Å². The molecule has 0 aliphatic heterocycles. The van der Waals surface area contributed by atoms with Gasteiger partial charge in [0.25, 0.3) is 0 Å². The van der Waals surface area contributed by atoms with Gasteiger partial charge >= 0.3 is 0 Å². The summed E-state index contributed by atoms with van der Waals surface area (Å²) >= 11 is 0. The molecule has 0 spiro atoms. The van der Waals surface area contributed by atoms with Gasteiger partial charge in [-0.15, -0.1) is 0 Å². The lowest BCUT2D eigenvalue weighted by atomic mass is 10.2. The first-order valence-corrected chi connectivity index (χ1v) is 8.94. The van der Waals surface area contributed by atoms with Crippen LogP contribution in [0.2, 0.25) is 0 Å². The Hall–Kier alpha value is -2.53. The number of hydrogen-bond donors (Lipinski definition) is 2. The summed E-state index contributed by atoms with van der Waals surface area (Å²) in [6.07, 6.45) is 0. The molecule has 2 aromatic carbocycles. The van der Waals surface area contributed by atoms with E-state index in [0.29, 0.717) is 6.04 Å². The van der Waals surface area contributed by atoms with Crippen LogP contribution in [0.25, 0.3) is 0 Å². The van der Waals surface area contributed by atoms with Crippen molar-refractivity contribution >= 4 is 5.96 Å². The molecule has 0 bridgehead atoms. The van der Waals surface area contributed by atoms with E-state index in [1.807, 2.05) is 18.2 Å². The van der Waals surface area contributed by atoms with Crippen LogP contribution in [-0.4, -0.2) is 44.7 Å². The molecular formula is C21H30N4O. The van der Waals surface area contributed by atoms with Gasteiger partial charge in [0.05, 0.1) is 7.11 Å². The largest absolute Gasteiger partial charge is 0.497 e. The summed E-state index contributed by atoms with van der Waals surface area (Å²) in [6, 6.07) is 18.9. The molecule has 0 aliphatic carbocycles. The summed E-state index contributed by atoms with van der Waals surface area (Å²) in [7, 11) is 5.61. The Morgan fingerprint density at radius 1 is 1.04 bits per heavy atom. The second kappa shape index (κ2) is 10.5. The molecule has 0 radical (unpaired) electrons. The Morgan fingerprint density at radius 3 is 2.35 bits per heavy atom. The van der Waals surface area contributed by atoms with Crippen molar-refractivity contribution in [1.82, 2.24) is 15.5 Å². The second-order valence-corrected chi connectivity index (χ2v) is 6.40. The molecule has 0 aliphatic rings. The van der Waals surface area contributed by atoms with Gasteiger partial charge in [-0.1, -0.05) is 42.5 Å². The van der Waals surface area contributed by atoms with E-state index in [4.69, 9.17) is 4.74 Å². The molecule has 140 valence electrons. The zero-order chi connectivity index (χ0) is 18.8. The number of aliphatic imine (C=N–C) groups is 1. The second-order valence-electron chi connectivity index (χ2n) is 6.40. The van der Waals surface area contributed by atoms with E-state index in [0.717, 1.165) is 31.3 Å². The highest BCUT2D eigenvalue weighted by molar-refractivity contribution is 5.79. The standard InChI is InChI=1S/C21H30N4O/c1-17(25(3)16-19-8-6-5-7-9-19)14-23-21(22-2)24-15-18-10-12-20(26-4)13-11-18/h5-13,17H,14-16H2,1-4H3,(H2,22,23,24). The molecule has 0 amide bonds. The molecule has 5 nitrogen and oxygen atoms in total. The molecule has 1 unspecified atom stereocenters. The van der Waals surface area contributed by atoms with Gasteiger partial charge in [-0.25, -0.2) is 0 Å². The van der Waals surface area contributed by atoms with Crippen molar-refractivity contribution in [2.45, 2.75) is 26.1 Å². The Labute approximate surface area is 157 Å². The van der Waals surface area contributed by atoms with E-state index in [2.05, 4.69) is 70.9 Å². The van der Waals surface area contributed by atoms with Gasteiger partial charge in [0.1, 0.15) is 5.75 Å². The fourth-order valence-electron chi connectivity index (χ4n) is 2.58. The van der Waals surface area contributed by atoms with E-state index in [1.54, 1.807) is 14.2 Å². The van der Waals surface area contributed by atoms with Crippen LogP contribution in [-0.2, 0) is 13.1 Å². The van der Waals surface area contributed by atoms with Crippen LogP contribution in [0.1, 0.15) is 18.1 Å². The van der Waals surface area contributed by atoms with Crippen LogP contribution in [0, 0.1) is 0 Å². The summed E-state index contributed by atoms with van der Waals surface area (Å²) in [5.41, 5.74) is 2.51. The first-order valence-electron chi connectivity index (χ1n) is 8.94. The number of likely N-dealkylation sites (N-methyl/N-ethyl adjacent to an activating group) is 1. The van der Waals surface area contributed by atoms with Crippen LogP contribution in [0.3, 0.4) is 0 Å². The molecule has 5 heteroatoms. The smallest absolute Gasteiger partial charge is 0.191 e. The van der Waals surface area contributed by atoms with Gasteiger partial charge in [-0.2, -0.15) is 0 Å². The predicted molar refractivity (Wildman–Crippen MR) is 109 cm³/mol. The molecule has 0 saturated carbocycles.